The number of rotatable bonds is 2. The number of aromatic amines is 1. The average Bonchev–Trinajstić information content (AvgIpc) is 2.63. The van der Waals surface area contributed by atoms with E-state index in [0.717, 1.165) is 22.8 Å². The zero-order valence-corrected chi connectivity index (χ0v) is 7.56. The molecule has 0 aliphatic heterocycles. The number of nitrogens with one attached hydrogen (secondary N) is 1. The zero-order chi connectivity index (χ0) is 8.39. The van der Waals surface area contributed by atoms with E-state index in [4.69, 9.17) is 0 Å². The predicted octanol–water partition coefficient (Wildman–Crippen LogP) is 1.77. The molecule has 0 radical (unpaired) electrons. The van der Waals surface area contributed by atoms with Gasteiger partial charge in [0.1, 0.15) is 0 Å². The van der Waals surface area contributed by atoms with Crippen LogP contribution in [0.2, 0.25) is 0 Å². The molecule has 3 nitrogen and oxygen atoms in total. The highest BCUT2D eigenvalue weighted by molar-refractivity contribution is 7.09. The highest BCUT2D eigenvalue weighted by atomic mass is 32.1. The smallest absolute Gasteiger partial charge is 0.0987 e. The molecule has 0 amide bonds. The number of aromatic nitrogens is 3. The highest BCUT2D eigenvalue weighted by Gasteiger charge is 2.00. The van der Waals surface area contributed by atoms with Gasteiger partial charge in [0.2, 0.25) is 0 Å². The molecule has 2 rings (SSSR count). The van der Waals surface area contributed by atoms with E-state index in [1.807, 2.05) is 13.1 Å². The molecule has 0 fully saturated rings. The average molecular weight is 179 g/mol. The second-order valence-corrected chi connectivity index (χ2v) is 3.58. The minimum absolute atomic E-state index is 0.860. The van der Waals surface area contributed by atoms with Crippen LogP contribution in [0.1, 0.15) is 16.4 Å². The van der Waals surface area contributed by atoms with Crippen LogP contribution in [0, 0.1) is 6.92 Å². The fraction of sp³-hybridized carbons (Fsp3) is 0.250. The van der Waals surface area contributed by atoms with Gasteiger partial charge in [-0.2, -0.15) is 0 Å². The lowest BCUT2D eigenvalue weighted by atomic mass is 10.3. The van der Waals surface area contributed by atoms with Crippen LogP contribution >= 0.6 is 11.3 Å². The standard InChI is InChI=1S/C8H9N3S/c1-6-4-12-8(11-6)2-7-3-9-5-10-7/h3-5H,2H2,1H3,(H,9,10). The molecule has 0 spiro atoms. The van der Waals surface area contributed by atoms with Crippen LogP contribution in [-0.2, 0) is 6.42 Å². The van der Waals surface area contributed by atoms with Crippen molar-refractivity contribution in [3.63, 3.8) is 0 Å². The Morgan fingerprint density at radius 2 is 2.50 bits per heavy atom. The Morgan fingerprint density at radius 1 is 1.58 bits per heavy atom. The summed E-state index contributed by atoms with van der Waals surface area (Å²) < 4.78 is 0. The van der Waals surface area contributed by atoms with Crippen molar-refractivity contribution in [2.75, 3.05) is 0 Å². The third-order valence-corrected chi connectivity index (χ3v) is 2.53. The van der Waals surface area contributed by atoms with E-state index in [1.165, 1.54) is 0 Å². The van der Waals surface area contributed by atoms with Crippen LogP contribution in [0.3, 0.4) is 0 Å². The van der Waals surface area contributed by atoms with Crippen LogP contribution in [0.4, 0.5) is 0 Å². The Labute approximate surface area is 74.5 Å². The van der Waals surface area contributed by atoms with Gasteiger partial charge in [-0.25, -0.2) is 9.97 Å². The molecule has 0 atom stereocenters. The highest BCUT2D eigenvalue weighted by Crippen LogP contribution is 2.12. The lowest BCUT2D eigenvalue weighted by Gasteiger charge is -1.89. The number of nitrogens with zero attached hydrogens (tertiary/aromatic N) is 2. The van der Waals surface area contributed by atoms with Crippen molar-refractivity contribution in [3.05, 3.63) is 34.3 Å². The van der Waals surface area contributed by atoms with Crippen molar-refractivity contribution in [2.45, 2.75) is 13.3 Å². The molecule has 2 heterocycles. The van der Waals surface area contributed by atoms with Gasteiger partial charge in [0.15, 0.2) is 0 Å². The first-order valence-electron chi connectivity index (χ1n) is 3.73. The summed E-state index contributed by atoms with van der Waals surface area (Å²) in [4.78, 5) is 11.4. The Balaban J connectivity index is 2.14. The third kappa shape index (κ3) is 1.53. The van der Waals surface area contributed by atoms with Gasteiger partial charge in [-0.15, -0.1) is 11.3 Å². The fourth-order valence-electron chi connectivity index (χ4n) is 1.03. The molecule has 2 aromatic rings. The van der Waals surface area contributed by atoms with Crippen molar-refractivity contribution in [1.29, 1.82) is 0 Å². The third-order valence-electron chi connectivity index (χ3n) is 1.56. The van der Waals surface area contributed by atoms with E-state index < -0.39 is 0 Å². The molecule has 0 aliphatic carbocycles. The van der Waals surface area contributed by atoms with Crippen LogP contribution in [0.15, 0.2) is 17.9 Å². The summed E-state index contributed by atoms with van der Waals surface area (Å²) in [7, 11) is 0. The monoisotopic (exact) mass is 179 g/mol. The number of aryl methyl sites for hydroxylation is 1. The molecular formula is C8H9N3S. The molecule has 1 N–H and O–H groups in total. The van der Waals surface area contributed by atoms with E-state index in [0.29, 0.717) is 0 Å². The second kappa shape index (κ2) is 3.06. The summed E-state index contributed by atoms with van der Waals surface area (Å²) in [5.41, 5.74) is 2.21. The Morgan fingerprint density at radius 3 is 3.08 bits per heavy atom. The van der Waals surface area contributed by atoms with Gasteiger partial charge in [0, 0.05) is 29.4 Å². The van der Waals surface area contributed by atoms with Crippen molar-refractivity contribution >= 4 is 11.3 Å². The largest absolute Gasteiger partial charge is 0.348 e. The van der Waals surface area contributed by atoms with E-state index in [9.17, 15) is 0 Å². The molecule has 62 valence electrons. The van der Waals surface area contributed by atoms with Gasteiger partial charge >= 0.3 is 0 Å². The fourth-order valence-corrected chi connectivity index (χ4v) is 1.82. The second-order valence-electron chi connectivity index (χ2n) is 2.64. The summed E-state index contributed by atoms with van der Waals surface area (Å²) >= 11 is 1.69. The van der Waals surface area contributed by atoms with Gasteiger partial charge in [-0.3, -0.25) is 0 Å². The van der Waals surface area contributed by atoms with Gasteiger partial charge in [0.05, 0.1) is 11.3 Å². The quantitative estimate of drug-likeness (QED) is 0.763. The number of imidazole rings is 1. The molecule has 0 aliphatic rings. The van der Waals surface area contributed by atoms with Crippen LogP contribution in [0.5, 0.6) is 0 Å². The van der Waals surface area contributed by atoms with Crippen molar-refractivity contribution in [1.82, 2.24) is 15.0 Å². The minimum atomic E-state index is 0.860. The maximum Gasteiger partial charge on any atom is 0.0987 e. The first kappa shape index (κ1) is 7.49. The van der Waals surface area contributed by atoms with Gasteiger partial charge in [-0.1, -0.05) is 0 Å². The maximum absolute atomic E-state index is 4.36. The SMILES string of the molecule is Cc1csc(Cc2cnc[nH]2)n1. The summed E-state index contributed by atoms with van der Waals surface area (Å²) in [6.07, 6.45) is 4.38. The summed E-state index contributed by atoms with van der Waals surface area (Å²) in [5.74, 6) is 0. The van der Waals surface area contributed by atoms with Crippen LogP contribution in [0.25, 0.3) is 0 Å². The molecule has 2 aromatic heterocycles. The molecule has 12 heavy (non-hydrogen) atoms. The lowest BCUT2D eigenvalue weighted by molar-refractivity contribution is 1.06. The predicted molar refractivity (Wildman–Crippen MR) is 48.2 cm³/mol. The summed E-state index contributed by atoms with van der Waals surface area (Å²) in [5, 5.41) is 3.20. The first-order chi connectivity index (χ1) is 5.84. The Hall–Kier alpha value is -1.16. The van der Waals surface area contributed by atoms with E-state index in [-0.39, 0.29) is 0 Å². The van der Waals surface area contributed by atoms with E-state index >= 15 is 0 Å². The van der Waals surface area contributed by atoms with Crippen molar-refractivity contribution < 1.29 is 0 Å². The van der Waals surface area contributed by atoms with Gasteiger partial charge < -0.3 is 4.98 Å². The van der Waals surface area contributed by atoms with E-state index in [2.05, 4.69) is 20.3 Å². The van der Waals surface area contributed by atoms with E-state index in [1.54, 1.807) is 17.7 Å². The molecule has 0 bridgehead atoms. The first-order valence-corrected chi connectivity index (χ1v) is 4.61. The number of thiazole rings is 1. The summed E-state index contributed by atoms with van der Waals surface area (Å²) in [6.45, 7) is 2.01. The minimum Gasteiger partial charge on any atom is -0.348 e. The summed E-state index contributed by atoms with van der Waals surface area (Å²) in [6, 6.07) is 0. The van der Waals surface area contributed by atoms with Crippen molar-refractivity contribution in [2.24, 2.45) is 0 Å². The van der Waals surface area contributed by atoms with Crippen LogP contribution in [-0.4, -0.2) is 15.0 Å². The Bertz CT molecular complexity index is 350. The molecule has 4 heteroatoms. The van der Waals surface area contributed by atoms with Crippen molar-refractivity contribution in [3.8, 4) is 0 Å². The molecule has 0 saturated heterocycles. The number of H-pyrrole nitrogens is 1. The number of hydrogen-bond donors (Lipinski definition) is 1. The molecular weight excluding hydrogens is 170 g/mol. The Kier molecular flexibility index (Phi) is 1.91. The molecule has 0 aromatic carbocycles. The van der Waals surface area contributed by atoms with Crippen LogP contribution < -0.4 is 0 Å². The van der Waals surface area contributed by atoms with Gasteiger partial charge in [-0.05, 0) is 6.92 Å². The zero-order valence-electron chi connectivity index (χ0n) is 6.74. The molecule has 0 unspecified atom stereocenters. The lowest BCUT2D eigenvalue weighted by Crippen LogP contribution is -1.86. The molecule has 0 saturated carbocycles. The van der Waals surface area contributed by atoms with Gasteiger partial charge in [0.25, 0.3) is 0 Å². The normalized spacial score (nSPS) is 10.4. The maximum atomic E-state index is 4.36. The topological polar surface area (TPSA) is 41.6 Å². The number of hydrogen-bond acceptors (Lipinski definition) is 3.